The van der Waals surface area contributed by atoms with Crippen molar-refractivity contribution in [2.24, 2.45) is 0 Å². The summed E-state index contributed by atoms with van der Waals surface area (Å²) in [5, 5.41) is 0.997. The Balaban J connectivity index is 3.06. The predicted octanol–water partition coefficient (Wildman–Crippen LogP) is 2.29. The van der Waals surface area contributed by atoms with E-state index in [9.17, 15) is 0 Å². The minimum Gasteiger partial charge on any atom is -0.337 e. The van der Waals surface area contributed by atoms with Crippen LogP contribution in [-0.2, 0) is 0 Å². The molecule has 0 bridgehead atoms. The van der Waals surface area contributed by atoms with Crippen LogP contribution in [0.5, 0.6) is 0 Å². The zero-order chi connectivity index (χ0) is 7.84. The highest BCUT2D eigenvalue weighted by Crippen LogP contribution is 2.14. The van der Waals surface area contributed by atoms with E-state index in [-0.39, 0.29) is 0 Å². The number of aromatic nitrogens is 3. The van der Waals surface area contributed by atoms with Crippen molar-refractivity contribution < 1.29 is 0 Å². The van der Waals surface area contributed by atoms with Gasteiger partial charge in [-0.2, -0.15) is 0 Å². The van der Waals surface area contributed by atoms with E-state index in [0.29, 0.717) is 0 Å². The van der Waals surface area contributed by atoms with Gasteiger partial charge in [-0.3, -0.25) is 2.78 Å². The minimum absolute atomic E-state index is 0.741. The van der Waals surface area contributed by atoms with Crippen molar-refractivity contribution in [3.63, 3.8) is 0 Å². The maximum absolute atomic E-state index is 5.05. The summed E-state index contributed by atoms with van der Waals surface area (Å²) in [5.41, 5.74) is 0.911. The summed E-state index contributed by atoms with van der Waals surface area (Å²) in [7, 11) is 0. The molecular formula is C6H4IN3S. The van der Waals surface area contributed by atoms with Gasteiger partial charge in [-0.25, -0.2) is 4.98 Å². The van der Waals surface area contributed by atoms with Gasteiger partial charge in [-0.15, -0.1) is 0 Å². The average molecular weight is 277 g/mol. The van der Waals surface area contributed by atoms with Crippen molar-refractivity contribution in [3.05, 3.63) is 23.2 Å². The van der Waals surface area contributed by atoms with E-state index in [1.54, 1.807) is 6.33 Å². The van der Waals surface area contributed by atoms with Crippen molar-refractivity contribution in [1.82, 2.24) is 12.7 Å². The fourth-order valence-electron chi connectivity index (χ4n) is 0.932. The second-order valence-corrected chi connectivity index (χ2v) is 3.54. The number of nitrogens with one attached hydrogen (secondary N) is 1. The molecule has 0 aliphatic carbocycles. The van der Waals surface area contributed by atoms with Gasteiger partial charge in [0.1, 0.15) is 4.64 Å². The van der Waals surface area contributed by atoms with Gasteiger partial charge < -0.3 is 4.98 Å². The predicted molar refractivity (Wildman–Crippen MR) is 54.3 cm³/mol. The molecule has 0 radical (unpaired) electrons. The van der Waals surface area contributed by atoms with E-state index in [1.165, 1.54) is 0 Å². The van der Waals surface area contributed by atoms with Crippen molar-refractivity contribution in [3.8, 4) is 0 Å². The second-order valence-electron chi connectivity index (χ2n) is 2.10. The molecule has 0 spiro atoms. The molecule has 0 aliphatic heterocycles. The number of hydrogen-bond donors (Lipinski definition) is 1. The summed E-state index contributed by atoms with van der Waals surface area (Å²) in [6.45, 7) is 0. The zero-order valence-electron chi connectivity index (χ0n) is 5.41. The number of halogens is 1. The molecule has 11 heavy (non-hydrogen) atoms. The summed E-state index contributed by atoms with van der Waals surface area (Å²) >= 11 is 7.22. The Morgan fingerprint density at radius 3 is 3.18 bits per heavy atom. The molecule has 2 aromatic rings. The Bertz CT molecular complexity index is 444. The standard InChI is InChI=1S/C6H4IN3S/c7-10-2-1-4-5(10)8-3-9-6(4)11/h1-3H,(H,8,9,11). The van der Waals surface area contributed by atoms with Crippen LogP contribution >= 0.6 is 35.1 Å². The Labute approximate surface area is 81.9 Å². The summed E-state index contributed by atoms with van der Waals surface area (Å²) in [4.78, 5) is 7.01. The van der Waals surface area contributed by atoms with Crippen LogP contribution in [0.3, 0.4) is 0 Å². The zero-order valence-corrected chi connectivity index (χ0v) is 8.39. The van der Waals surface area contributed by atoms with Gasteiger partial charge in [-0.1, -0.05) is 12.2 Å². The number of rotatable bonds is 0. The third kappa shape index (κ3) is 1.08. The van der Waals surface area contributed by atoms with Gasteiger partial charge in [0.15, 0.2) is 5.65 Å². The first-order valence-electron chi connectivity index (χ1n) is 3.00. The van der Waals surface area contributed by atoms with Crippen molar-refractivity contribution in [2.45, 2.75) is 0 Å². The van der Waals surface area contributed by atoms with Gasteiger partial charge in [0.25, 0.3) is 0 Å². The third-order valence-corrected chi connectivity index (χ3v) is 2.56. The van der Waals surface area contributed by atoms with Gasteiger partial charge in [0.05, 0.1) is 34.6 Å². The lowest BCUT2D eigenvalue weighted by molar-refractivity contribution is 1.18. The van der Waals surface area contributed by atoms with Crippen LogP contribution in [0.4, 0.5) is 0 Å². The molecule has 5 heteroatoms. The molecule has 0 unspecified atom stereocenters. The second kappa shape index (κ2) is 2.56. The molecule has 0 saturated heterocycles. The van der Waals surface area contributed by atoms with E-state index in [1.807, 2.05) is 15.0 Å². The van der Waals surface area contributed by atoms with Crippen LogP contribution in [0.25, 0.3) is 11.0 Å². The molecular weight excluding hydrogens is 273 g/mol. The molecule has 0 amide bonds. The molecule has 56 valence electrons. The van der Waals surface area contributed by atoms with E-state index < -0.39 is 0 Å². The monoisotopic (exact) mass is 277 g/mol. The number of H-pyrrole nitrogens is 1. The fraction of sp³-hybridized carbons (Fsp3) is 0. The third-order valence-electron chi connectivity index (χ3n) is 1.44. The highest BCUT2D eigenvalue weighted by atomic mass is 127. The first-order chi connectivity index (χ1) is 5.29. The molecule has 3 nitrogen and oxygen atoms in total. The average Bonchev–Trinajstić information content (AvgIpc) is 2.35. The SMILES string of the molecule is S=c1[nH]cnc2c1ccn2I. The number of hydrogen-bond acceptors (Lipinski definition) is 2. The lowest BCUT2D eigenvalue weighted by Gasteiger charge is -1.90. The molecule has 0 atom stereocenters. The fourth-order valence-corrected chi connectivity index (χ4v) is 1.69. The van der Waals surface area contributed by atoms with Gasteiger partial charge in [0, 0.05) is 6.20 Å². The summed E-state index contributed by atoms with van der Waals surface area (Å²) < 4.78 is 2.65. The topological polar surface area (TPSA) is 33.6 Å². The molecule has 2 heterocycles. The lowest BCUT2D eigenvalue weighted by Crippen LogP contribution is -1.82. The first-order valence-corrected chi connectivity index (χ1v) is 4.37. The highest BCUT2D eigenvalue weighted by molar-refractivity contribution is 14.1. The largest absolute Gasteiger partial charge is 0.337 e. The summed E-state index contributed by atoms with van der Waals surface area (Å²) in [5.74, 6) is 0. The molecule has 2 aromatic heterocycles. The lowest BCUT2D eigenvalue weighted by atomic mass is 10.4. The molecule has 0 fully saturated rings. The Hall–Kier alpha value is -0.430. The van der Waals surface area contributed by atoms with Crippen LogP contribution in [0.2, 0.25) is 0 Å². The smallest absolute Gasteiger partial charge is 0.153 e. The Morgan fingerprint density at radius 1 is 1.64 bits per heavy atom. The van der Waals surface area contributed by atoms with Crippen LogP contribution < -0.4 is 0 Å². The normalized spacial score (nSPS) is 10.6. The maximum atomic E-state index is 5.05. The quantitative estimate of drug-likeness (QED) is 0.592. The van der Waals surface area contributed by atoms with Crippen molar-refractivity contribution >= 4 is 46.1 Å². The summed E-state index contributed by atoms with van der Waals surface area (Å²) in [6.07, 6.45) is 3.54. The molecule has 0 aromatic carbocycles. The molecule has 2 rings (SSSR count). The molecule has 1 N–H and O–H groups in total. The van der Waals surface area contributed by atoms with Crippen molar-refractivity contribution in [1.29, 1.82) is 0 Å². The Morgan fingerprint density at radius 2 is 2.45 bits per heavy atom. The molecule has 0 aliphatic rings. The summed E-state index contributed by atoms with van der Waals surface area (Å²) in [6, 6.07) is 1.95. The van der Waals surface area contributed by atoms with Gasteiger partial charge in [0.2, 0.25) is 0 Å². The Kier molecular flexibility index (Phi) is 1.68. The van der Waals surface area contributed by atoms with Crippen LogP contribution in [-0.4, -0.2) is 12.7 Å². The number of fused-ring (bicyclic) bond motifs is 1. The van der Waals surface area contributed by atoms with E-state index in [4.69, 9.17) is 12.2 Å². The number of nitrogens with zero attached hydrogens (tertiary/aromatic N) is 2. The van der Waals surface area contributed by atoms with Gasteiger partial charge in [-0.05, 0) is 6.07 Å². The van der Waals surface area contributed by atoms with Crippen LogP contribution in [0, 0.1) is 4.64 Å². The first kappa shape index (κ1) is 7.23. The minimum atomic E-state index is 0.741. The maximum Gasteiger partial charge on any atom is 0.153 e. The number of aromatic amines is 1. The van der Waals surface area contributed by atoms with Gasteiger partial charge >= 0.3 is 0 Å². The van der Waals surface area contributed by atoms with Crippen LogP contribution in [0.1, 0.15) is 0 Å². The van der Waals surface area contributed by atoms with E-state index in [2.05, 4.69) is 32.8 Å². The van der Waals surface area contributed by atoms with Crippen molar-refractivity contribution in [2.75, 3.05) is 0 Å². The molecule has 0 saturated carbocycles. The highest BCUT2D eigenvalue weighted by Gasteiger charge is 1.99. The van der Waals surface area contributed by atoms with E-state index >= 15 is 0 Å². The van der Waals surface area contributed by atoms with Crippen LogP contribution in [0.15, 0.2) is 18.6 Å². The van der Waals surface area contributed by atoms with E-state index in [0.717, 1.165) is 15.7 Å².